The maximum atomic E-state index is 12.7. The molecule has 0 saturated heterocycles. The van der Waals surface area contributed by atoms with E-state index in [4.69, 9.17) is 9.47 Å². The van der Waals surface area contributed by atoms with Gasteiger partial charge in [-0.25, -0.2) is 0 Å². The number of nitrogens with one attached hydrogen (secondary N) is 1. The van der Waals surface area contributed by atoms with Gasteiger partial charge < -0.3 is 14.8 Å². The summed E-state index contributed by atoms with van der Waals surface area (Å²) < 4.78 is 48.2. The molecule has 0 fully saturated rings. The van der Waals surface area contributed by atoms with Crippen LogP contribution < -0.4 is 14.8 Å². The van der Waals surface area contributed by atoms with Crippen molar-refractivity contribution in [2.75, 3.05) is 19.5 Å². The summed E-state index contributed by atoms with van der Waals surface area (Å²) in [7, 11) is 2.91. The number of anilines is 1. The summed E-state index contributed by atoms with van der Waals surface area (Å²) in [5.41, 5.74) is -0.586. The fourth-order valence-electron chi connectivity index (χ4n) is 1.95. The lowest BCUT2D eigenvalue weighted by Crippen LogP contribution is -2.14. The van der Waals surface area contributed by atoms with Crippen molar-refractivity contribution in [3.05, 3.63) is 53.6 Å². The third-order valence-electron chi connectivity index (χ3n) is 3.09. The monoisotopic (exact) mass is 325 g/mol. The van der Waals surface area contributed by atoms with E-state index in [0.29, 0.717) is 17.2 Å². The molecule has 0 aromatic heterocycles. The number of rotatable bonds is 4. The van der Waals surface area contributed by atoms with Crippen LogP contribution in [0.15, 0.2) is 42.5 Å². The van der Waals surface area contributed by atoms with Crippen LogP contribution in [0.2, 0.25) is 0 Å². The van der Waals surface area contributed by atoms with Gasteiger partial charge in [0.1, 0.15) is 0 Å². The maximum Gasteiger partial charge on any atom is 0.416 e. The molecule has 0 atom stereocenters. The van der Waals surface area contributed by atoms with Crippen molar-refractivity contribution >= 4 is 11.6 Å². The normalized spacial score (nSPS) is 11.0. The molecule has 0 heterocycles. The van der Waals surface area contributed by atoms with Crippen LogP contribution >= 0.6 is 0 Å². The number of halogens is 3. The fourth-order valence-corrected chi connectivity index (χ4v) is 1.95. The molecular weight excluding hydrogens is 311 g/mol. The van der Waals surface area contributed by atoms with E-state index in [9.17, 15) is 18.0 Å². The molecule has 0 aliphatic rings. The number of methoxy groups -OCH3 is 2. The zero-order chi connectivity index (χ0) is 17.0. The van der Waals surface area contributed by atoms with Crippen LogP contribution in [0, 0.1) is 0 Å². The van der Waals surface area contributed by atoms with Crippen LogP contribution in [0.25, 0.3) is 0 Å². The third-order valence-corrected chi connectivity index (χ3v) is 3.09. The van der Waals surface area contributed by atoms with Gasteiger partial charge in [-0.1, -0.05) is 6.07 Å². The smallest absolute Gasteiger partial charge is 0.416 e. The van der Waals surface area contributed by atoms with Crippen molar-refractivity contribution in [3.8, 4) is 11.5 Å². The Morgan fingerprint density at radius 2 is 1.70 bits per heavy atom. The van der Waals surface area contributed by atoms with Gasteiger partial charge in [-0.2, -0.15) is 13.2 Å². The molecule has 0 radical (unpaired) electrons. The number of carbonyl (C=O) groups excluding carboxylic acids is 1. The van der Waals surface area contributed by atoms with E-state index in [0.717, 1.165) is 12.1 Å². The predicted molar refractivity (Wildman–Crippen MR) is 78.9 cm³/mol. The van der Waals surface area contributed by atoms with Gasteiger partial charge in [-0.15, -0.1) is 0 Å². The van der Waals surface area contributed by atoms with Crippen molar-refractivity contribution < 1.29 is 27.4 Å². The summed E-state index contributed by atoms with van der Waals surface area (Å²) in [4.78, 5) is 12.1. The average molecular weight is 325 g/mol. The molecule has 23 heavy (non-hydrogen) atoms. The summed E-state index contributed by atoms with van der Waals surface area (Å²) in [6.45, 7) is 0. The minimum atomic E-state index is -4.50. The lowest BCUT2D eigenvalue weighted by Gasteiger charge is -2.11. The number of hydrogen-bond acceptors (Lipinski definition) is 3. The van der Waals surface area contributed by atoms with Crippen LogP contribution in [0.5, 0.6) is 11.5 Å². The first-order valence-corrected chi connectivity index (χ1v) is 6.56. The van der Waals surface area contributed by atoms with E-state index in [1.807, 2.05) is 0 Å². The van der Waals surface area contributed by atoms with Gasteiger partial charge in [0.2, 0.25) is 0 Å². The van der Waals surface area contributed by atoms with Crippen molar-refractivity contribution in [1.82, 2.24) is 0 Å². The third kappa shape index (κ3) is 3.94. The van der Waals surface area contributed by atoms with E-state index in [-0.39, 0.29) is 5.56 Å². The van der Waals surface area contributed by atoms with Gasteiger partial charge in [0.15, 0.2) is 11.5 Å². The van der Waals surface area contributed by atoms with Crippen molar-refractivity contribution in [2.24, 2.45) is 0 Å². The Kier molecular flexibility index (Phi) is 4.78. The van der Waals surface area contributed by atoms with Crippen molar-refractivity contribution in [1.29, 1.82) is 0 Å². The van der Waals surface area contributed by atoms with E-state index in [1.54, 1.807) is 12.1 Å². The molecular formula is C16H14F3NO3. The Balaban J connectivity index is 2.22. The summed E-state index contributed by atoms with van der Waals surface area (Å²) >= 11 is 0. The fraction of sp³-hybridized carbons (Fsp3) is 0.188. The molecule has 2 rings (SSSR count). The van der Waals surface area contributed by atoms with Gasteiger partial charge in [0, 0.05) is 17.3 Å². The SMILES string of the molecule is COc1ccc(NC(=O)c2cccc(C(F)(F)F)c2)cc1OC. The Bertz CT molecular complexity index is 714. The van der Waals surface area contributed by atoms with Gasteiger partial charge in [0.05, 0.1) is 19.8 Å². The van der Waals surface area contributed by atoms with Crippen molar-refractivity contribution in [2.45, 2.75) is 6.18 Å². The van der Waals surface area contributed by atoms with Crippen LogP contribution in [-0.4, -0.2) is 20.1 Å². The number of amides is 1. The Morgan fingerprint density at radius 3 is 2.30 bits per heavy atom. The molecule has 4 nitrogen and oxygen atoms in total. The number of alkyl halides is 3. The van der Waals surface area contributed by atoms with Gasteiger partial charge in [-0.05, 0) is 30.3 Å². The average Bonchev–Trinajstić information content (AvgIpc) is 2.54. The topological polar surface area (TPSA) is 47.6 Å². The van der Waals surface area contributed by atoms with Gasteiger partial charge in [-0.3, -0.25) is 4.79 Å². The van der Waals surface area contributed by atoms with E-state index < -0.39 is 17.6 Å². The minimum absolute atomic E-state index is 0.0883. The second-order valence-corrected chi connectivity index (χ2v) is 4.60. The summed E-state index contributed by atoms with van der Waals surface area (Å²) in [6, 6.07) is 8.87. The Hall–Kier alpha value is -2.70. The quantitative estimate of drug-likeness (QED) is 0.925. The Labute approximate surface area is 130 Å². The van der Waals surface area contributed by atoms with Gasteiger partial charge >= 0.3 is 6.18 Å². The first-order valence-electron chi connectivity index (χ1n) is 6.56. The van der Waals surface area contributed by atoms with Crippen LogP contribution in [0.4, 0.5) is 18.9 Å². The molecule has 0 unspecified atom stereocenters. The lowest BCUT2D eigenvalue weighted by molar-refractivity contribution is -0.137. The standard InChI is InChI=1S/C16H14F3NO3/c1-22-13-7-6-12(9-14(13)23-2)20-15(21)10-4-3-5-11(8-10)16(17,18)19/h3-9H,1-2H3,(H,20,21). The molecule has 1 N–H and O–H groups in total. The summed E-state index contributed by atoms with van der Waals surface area (Å²) in [5, 5.41) is 2.52. The molecule has 122 valence electrons. The molecule has 0 aliphatic carbocycles. The Morgan fingerprint density at radius 1 is 1.00 bits per heavy atom. The predicted octanol–water partition coefficient (Wildman–Crippen LogP) is 3.97. The zero-order valence-corrected chi connectivity index (χ0v) is 12.4. The summed E-state index contributed by atoms with van der Waals surface area (Å²) in [5.74, 6) is 0.224. The van der Waals surface area contributed by atoms with Gasteiger partial charge in [0.25, 0.3) is 5.91 Å². The number of benzene rings is 2. The number of hydrogen-bond donors (Lipinski definition) is 1. The second-order valence-electron chi connectivity index (χ2n) is 4.60. The molecule has 0 saturated carbocycles. The molecule has 0 aliphatic heterocycles. The lowest BCUT2D eigenvalue weighted by atomic mass is 10.1. The maximum absolute atomic E-state index is 12.7. The molecule has 7 heteroatoms. The van der Waals surface area contributed by atoms with Crippen LogP contribution in [0.3, 0.4) is 0 Å². The molecule has 0 spiro atoms. The van der Waals surface area contributed by atoms with E-state index in [2.05, 4.69) is 5.32 Å². The number of ether oxygens (including phenoxy) is 2. The first-order chi connectivity index (χ1) is 10.8. The highest BCUT2D eigenvalue weighted by atomic mass is 19.4. The molecule has 0 bridgehead atoms. The van der Waals surface area contributed by atoms with E-state index in [1.165, 1.54) is 32.4 Å². The first kappa shape index (κ1) is 16.7. The molecule has 2 aromatic rings. The highest BCUT2D eigenvalue weighted by Crippen LogP contribution is 2.31. The number of carbonyl (C=O) groups is 1. The summed E-state index contributed by atoms with van der Waals surface area (Å²) in [6.07, 6.45) is -4.50. The van der Waals surface area contributed by atoms with E-state index >= 15 is 0 Å². The minimum Gasteiger partial charge on any atom is -0.493 e. The highest BCUT2D eigenvalue weighted by molar-refractivity contribution is 6.04. The largest absolute Gasteiger partial charge is 0.493 e. The highest BCUT2D eigenvalue weighted by Gasteiger charge is 2.30. The second kappa shape index (κ2) is 6.60. The van der Waals surface area contributed by atoms with Crippen molar-refractivity contribution in [3.63, 3.8) is 0 Å². The van der Waals surface area contributed by atoms with Crippen LogP contribution in [0.1, 0.15) is 15.9 Å². The zero-order valence-electron chi connectivity index (χ0n) is 12.4. The van der Waals surface area contributed by atoms with Crippen LogP contribution in [-0.2, 0) is 6.18 Å². The molecule has 2 aromatic carbocycles. The molecule has 1 amide bonds.